The van der Waals surface area contributed by atoms with Crippen molar-refractivity contribution >= 4 is 5.97 Å². The van der Waals surface area contributed by atoms with Crippen molar-refractivity contribution in [2.24, 2.45) is 0 Å². The standard InChI is InChI=1S/C3H9N.C3H6O3/c1-3(2)4;1-2(4)3(5)6/h3H,4H2,1-2H3;2,4H,1H3,(H,5,6). The third-order valence-corrected chi connectivity index (χ3v) is 0.341. The maximum atomic E-state index is 9.34. The molecule has 62 valence electrons. The van der Waals surface area contributed by atoms with Gasteiger partial charge < -0.3 is 20.7 Å². The van der Waals surface area contributed by atoms with E-state index in [1.807, 2.05) is 0 Å². The van der Waals surface area contributed by atoms with Crippen LogP contribution >= 0.6 is 0 Å². The van der Waals surface area contributed by atoms with Crippen LogP contribution in [0.25, 0.3) is 0 Å². The number of hydrogen-bond acceptors (Lipinski definition) is 3. The van der Waals surface area contributed by atoms with E-state index >= 15 is 0 Å². The maximum Gasteiger partial charge on any atom is 0.0905 e. The van der Waals surface area contributed by atoms with Gasteiger partial charge in [-0.15, -0.1) is 0 Å². The van der Waals surface area contributed by atoms with Crippen molar-refractivity contribution in [3.63, 3.8) is 0 Å². The number of aliphatic carboxylic acids is 1. The molecule has 1 unspecified atom stereocenters. The molecule has 0 bridgehead atoms. The fourth-order valence-electron chi connectivity index (χ4n) is 0. The number of hydrogen-bond donors (Lipinski definition) is 2. The molecule has 0 saturated carbocycles. The molecule has 0 aliphatic heterocycles. The molecule has 0 spiro atoms. The van der Waals surface area contributed by atoms with Crippen LogP contribution in [0.1, 0.15) is 20.8 Å². The summed E-state index contributed by atoms with van der Waals surface area (Å²) < 4.78 is 0. The predicted octanol–water partition coefficient (Wildman–Crippen LogP) is -2.25. The maximum absolute atomic E-state index is 9.34. The van der Waals surface area contributed by atoms with Gasteiger partial charge in [0.05, 0.1) is 18.1 Å². The minimum Gasteiger partial charge on any atom is -0.547 e. The predicted molar refractivity (Wildman–Crippen MR) is 34.7 cm³/mol. The first-order valence-electron chi connectivity index (χ1n) is 3.10. The number of carboxylic acid groups (broad SMARTS) is 1. The molecule has 0 fully saturated rings. The van der Waals surface area contributed by atoms with Gasteiger partial charge >= 0.3 is 0 Å². The van der Waals surface area contributed by atoms with Gasteiger partial charge in [-0.3, -0.25) is 0 Å². The zero-order valence-corrected chi connectivity index (χ0v) is 6.63. The molecule has 1 atom stereocenters. The van der Waals surface area contributed by atoms with Gasteiger partial charge in [0.2, 0.25) is 0 Å². The van der Waals surface area contributed by atoms with Crippen molar-refractivity contribution < 1.29 is 20.7 Å². The quantitative estimate of drug-likeness (QED) is 0.441. The van der Waals surface area contributed by atoms with Crippen molar-refractivity contribution in [2.45, 2.75) is 32.9 Å². The van der Waals surface area contributed by atoms with Crippen molar-refractivity contribution in [1.82, 2.24) is 0 Å². The van der Waals surface area contributed by atoms with Crippen LogP contribution in [0.5, 0.6) is 0 Å². The molecule has 0 aliphatic carbocycles. The number of aliphatic hydroxyl groups is 1. The molecular weight excluding hydrogens is 134 g/mol. The minimum atomic E-state index is -1.44. The van der Waals surface area contributed by atoms with Gasteiger partial charge in [0.25, 0.3) is 0 Å². The first-order valence-corrected chi connectivity index (χ1v) is 3.10. The van der Waals surface area contributed by atoms with Crippen molar-refractivity contribution in [3.05, 3.63) is 0 Å². The fraction of sp³-hybridized carbons (Fsp3) is 0.833. The minimum absolute atomic E-state index is 0.583. The molecule has 4 heteroatoms. The Balaban J connectivity index is 0. The Bertz CT molecular complexity index is 88.2. The summed E-state index contributed by atoms with van der Waals surface area (Å²) in [6, 6.07) is 0.583. The second-order valence-corrected chi connectivity index (χ2v) is 2.39. The molecule has 0 aromatic carbocycles. The van der Waals surface area contributed by atoms with Crippen LogP contribution in [0.15, 0.2) is 0 Å². The van der Waals surface area contributed by atoms with Crippen LogP contribution in [0.4, 0.5) is 0 Å². The summed E-state index contributed by atoms with van der Waals surface area (Å²) in [4.78, 5) is 9.34. The Labute approximate surface area is 60.7 Å². The lowest BCUT2D eigenvalue weighted by Crippen LogP contribution is -2.57. The molecule has 10 heavy (non-hydrogen) atoms. The van der Waals surface area contributed by atoms with Crippen LogP contribution in [-0.4, -0.2) is 23.2 Å². The van der Waals surface area contributed by atoms with Crippen molar-refractivity contribution in [2.75, 3.05) is 0 Å². The normalized spacial score (nSPS) is 11.8. The molecule has 0 heterocycles. The highest BCUT2D eigenvalue weighted by Gasteiger charge is 1.89. The first-order chi connectivity index (χ1) is 4.37. The number of carbonyl (C=O) groups is 1. The first kappa shape index (κ1) is 12.1. The average Bonchev–Trinajstić information content (AvgIpc) is 1.63. The molecule has 0 amide bonds. The van der Waals surface area contributed by atoms with E-state index in [1.165, 1.54) is 0 Å². The highest BCUT2D eigenvalue weighted by atomic mass is 16.4. The SMILES string of the molecule is CC(C)[NH3+].CC(O)C(=O)[O-]. The van der Waals surface area contributed by atoms with E-state index in [9.17, 15) is 9.90 Å². The van der Waals surface area contributed by atoms with Gasteiger partial charge in [0.15, 0.2) is 0 Å². The van der Waals surface area contributed by atoms with Gasteiger partial charge in [-0.1, -0.05) is 0 Å². The monoisotopic (exact) mass is 149 g/mol. The van der Waals surface area contributed by atoms with E-state index in [1.54, 1.807) is 0 Å². The Hall–Kier alpha value is -0.610. The molecule has 0 rings (SSSR count). The second-order valence-electron chi connectivity index (χ2n) is 2.39. The van der Waals surface area contributed by atoms with Gasteiger partial charge in [0.1, 0.15) is 0 Å². The Morgan fingerprint density at radius 3 is 1.60 bits per heavy atom. The number of aliphatic hydroxyl groups excluding tert-OH is 1. The van der Waals surface area contributed by atoms with E-state index in [0.29, 0.717) is 6.04 Å². The summed E-state index contributed by atoms with van der Waals surface area (Å²) >= 11 is 0. The number of carbonyl (C=O) groups excluding carboxylic acids is 1. The number of carboxylic acids is 1. The van der Waals surface area contributed by atoms with Crippen LogP contribution in [0.2, 0.25) is 0 Å². The van der Waals surface area contributed by atoms with Gasteiger partial charge in [0, 0.05) is 0 Å². The Kier molecular flexibility index (Phi) is 7.88. The van der Waals surface area contributed by atoms with Crippen molar-refractivity contribution in [3.8, 4) is 0 Å². The van der Waals surface area contributed by atoms with E-state index in [2.05, 4.69) is 19.6 Å². The molecule has 0 saturated heterocycles. The molecule has 0 aromatic heterocycles. The van der Waals surface area contributed by atoms with Crippen molar-refractivity contribution in [1.29, 1.82) is 0 Å². The van der Waals surface area contributed by atoms with Crippen LogP contribution < -0.4 is 10.8 Å². The zero-order valence-electron chi connectivity index (χ0n) is 6.63. The summed E-state index contributed by atoms with van der Waals surface area (Å²) in [5.74, 6) is -1.44. The van der Waals surface area contributed by atoms with E-state index in [4.69, 9.17) is 5.11 Å². The highest BCUT2D eigenvalue weighted by molar-refractivity contribution is 5.68. The third-order valence-electron chi connectivity index (χ3n) is 0.341. The average molecular weight is 149 g/mol. The summed E-state index contributed by atoms with van der Waals surface area (Å²) in [6.45, 7) is 5.25. The molecule has 0 aliphatic rings. The summed E-state index contributed by atoms with van der Waals surface area (Å²) in [5.41, 5.74) is 3.64. The largest absolute Gasteiger partial charge is 0.547 e. The molecule has 4 N–H and O–H groups in total. The topological polar surface area (TPSA) is 88.0 Å². The Morgan fingerprint density at radius 2 is 1.60 bits per heavy atom. The lowest BCUT2D eigenvalue weighted by Gasteiger charge is -2.00. The highest BCUT2D eigenvalue weighted by Crippen LogP contribution is 1.69. The smallest absolute Gasteiger partial charge is 0.0905 e. The van der Waals surface area contributed by atoms with E-state index in [-0.39, 0.29) is 0 Å². The summed E-state index contributed by atoms with van der Waals surface area (Å²) in [7, 11) is 0. The summed E-state index contributed by atoms with van der Waals surface area (Å²) in [6.07, 6.45) is -1.34. The van der Waals surface area contributed by atoms with Crippen LogP contribution in [-0.2, 0) is 4.79 Å². The Morgan fingerprint density at radius 1 is 1.50 bits per heavy atom. The zero-order chi connectivity index (χ0) is 8.73. The molecule has 0 radical (unpaired) electrons. The van der Waals surface area contributed by atoms with Crippen LogP contribution in [0, 0.1) is 0 Å². The van der Waals surface area contributed by atoms with Crippen LogP contribution in [0.3, 0.4) is 0 Å². The summed E-state index contributed by atoms with van der Waals surface area (Å²) in [5, 5.41) is 17.3. The van der Waals surface area contributed by atoms with E-state index < -0.39 is 12.1 Å². The lowest BCUT2D eigenvalue weighted by molar-refractivity contribution is -0.407. The number of quaternary nitrogens is 1. The van der Waals surface area contributed by atoms with Gasteiger partial charge in [-0.2, -0.15) is 0 Å². The lowest BCUT2D eigenvalue weighted by atomic mass is 10.4. The number of rotatable bonds is 1. The van der Waals surface area contributed by atoms with Gasteiger partial charge in [-0.25, -0.2) is 0 Å². The van der Waals surface area contributed by atoms with Gasteiger partial charge in [-0.05, 0) is 20.8 Å². The van der Waals surface area contributed by atoms with E-state index in [0.717, 1.165) is 6.92 Å². The molecular formula is C6H15NO3. The molecule has 4 nitrogen and oxygen atoms in total. The fourth-order valence-corrected chi connectivity index (χ4v) is 0. The third kappa shape index (κ3) is 26.3. The molecule has 0 aromatic rings. The second kappa shape index (κ2) is 6.51.